The van der Waals surface area contributed by atoms with Crippen LogP contribution in [0.4, 0.5) is 0 Å². The van der Waals surface area contributed by atoms with Gasteiger partial charge in [0.15, 0.2) is 0 Å². The lowest BCUT2D eigenvalue weighted by Crippen LogP contribution is -2.34. The Morgan fingerprint density at radius 2 is 2.05 bits per heavy atom. The lowest BCUT2D eigenvalue weighted by Gasteiger charge is -2.28. The zero-order chi connectivity index (χ0) is 13.2. The van der Waals surface area contributed by atoms with Gasteiger partial charge in [-0.1, -0.05) is 19.8 Å². The molecule has 3 unspecified atom stereocenters. The van der Waals surface area contributed by atoms with Gasteiger partial charge in [0.2, 0.25) is 0 Å². The summed E-state index contributed by atoms with van der Waals surface area (Å²) < 4.78 is 1.46. The third-order valence-electron chi connectivity index (χ3n) is 4.78. The van der Waals surface area contributed by atoms with E-state index in [-0.39, 0.29) is 0 Å². The summed E-state index contributed by atoms with van der Waals surface area (Å²) in [6.45, 7) is 2.42. The van der Waals surface area contributed by atoms with Gasteiger partial charge in [0.05, 0.1) is 2.88 Å². The summed E-state index contributed by atoms with van der Waals surface area (Å²) in [6.07, 6.45) is 11.0. The van der Waals surface area contributed by atoms with E-state index in [4.69, 9.17) is 0 Å². The van der Waals surface area contributed by atoms with Crippen molar-refractivity contribution in [1.82, 2.24) is 5.32 Å². The Hall–Kier alpha value is 0.390. The molecule has 0 amide bonds. The van der Waals surface area contributed by atoms with E-state index in [0.717, 1.165) is 12.0 Å². The van der Waals surface area contributed by atoms with Gasteiger partial charge in [-0.3, -0.25) is 0 Å². The SMILES string of the molecule is CC1CCCC(NC2CCCc3sc(I)cc32)CC1. The third-order valence-corrected chi connectivity index (χ3v) is 6.75. The van der Waals surface area contributed by atoms with Gasteiger partial charge in [-0.2, -0.15) is 0 Å². The van der Waals surface area contributed by atoms with Crippen molar-refractivity contribution in [3.63, 3.8) is 0 Å². The molecule has 1 fully saturated rings. The largest absolute Gasteiger partial charge is 0.307 e. The van der Waals surface area contributed by atoms with Crippen LogP contribution in [0.5, 0.6) is 0 Å². The number of thiophene rings is 1. The van der Waals surface area contributed by atoms with E-state index < -0.39 is 0 Å². The molecule has 1 nitrogen and oxygen atoms in total. The molecule has 0 bridgehead atoms. The standard InChI is InChI=1S/C16H24INS/c1-11-4-2-5-12(9-8-11)18-14-6-3-7-15-13(14)10-16(17)19-15/h10-12,14,18H,2-9H2,1H3. The van der Waals surface area contributed by atoms with E-state index in [1.54, 1.807) is 10.4 Å². The fraction of sp³-hybridized carbons (Fsp3) is 0.750. The van der Waals surface area contributed by atoms with Crippen LogP contribution in [0.15, 0.2) is 6.07 Å². The maximum absolute atomic E-state index is 3.99. The van der Waals surface area contributed by atoms with E-state index in [0.29, 0.717) is 6.04 Å². The van der Waals surface area contributed by atoms with Gasteiger partial charge in [0.1, 0.15) is 0 Å². The molecule has 3 atom stereocenters. The Bertz CT molecular complexity index is 428. The fourth-order valence-corrected chi connectivity index (χ4v) is 5.75. The Labute approximate surface area is 134 Å². The van der Waals surface area contributed by atoms with Crippen molar-refractivity contribution >= 4 is 33.9 Å². The molecule has 1 saturated carbocycles. The molecular weight excluding hydrogens is 365 g/mol. The van der Waals surface area contributed by atoms with Gasteiger partial charge >= 0.3 is 0 Å². The Kier molecular flexibility index (Phi) is 4.86. The average Bonchev–Trinajstić information content (AvgIpc) is 2.65. The van der Waals surface area contributed by atoms with Crippen LogP contribution in [-0.2, 0) is 6.42 Å². The van der Waals surface area contributed by atoms with Crippen molar-refractivity contribution in [3.8, 4) is 0 Å². The van der Waals surface area contributed by atoms with Gasteiger partial charge in [-0.05, 0) is 78.7 Å². The first kappa shape index (κ1) is 14.3. The number of fused-ring (bicyclic) bond motifs is 1. The van der Waals surface area contributed by atoms with Crippen LogP contribution in [-0.4, -0.2) is 6.04 Å². The summed E-state index contributed by atoms with van der Waals surface area (Å²) in [7, 11) is 0. The fourth-order valence-electron chi connectivity index (χ4n) is 3.63. The maximum Gasteiger partial charge on any atom is 0.0659 e. The molecule has 1 heterocycles. The minimum atomic E-state index is 0.641. The van der Waals surface area contributed by atoms with Gasteiger partial charge < -0.3 is 5.32 Å². The molecule has 19 heavy (non-hydrogen) atoms. The molecule has 3 rings (SSSR count). The topological polar surface area (TPSA) is 12.0 Å². The van der Waals surface area contributed by atoms with Crippen LogP contribution in [0.1, 0.15) is 68.4 Å². The second-order valence-corrected chi connectivity index (χ2v) is 9.38. The number of nitrogens with one attached hydrogen (secondary N) is 1. The van der Waals surface area contributed by atoms with E-state index in [9.17, 15) is 0 Å². The second-order valence-electron chi connectivity index (χ2n) is 6.35. The van der Waals surface area contributed by atoms with Crippen LogP contribution in [0.25, 0.3) is 0 Å². The smallest absolute Gasteiger partial charge is 0.0659 e. The molecule has 0 aromatic carbocycles. The molecule has 0 spiro atoms. The molecule has 2 aliphatic carbocycles. The van der Waals surface area contributed by atoms with Gasteiger partial charge in [0, 0.05) is 17.0 Å². The quantitative estimate of drug-likeness (QED) is 0.536. The van der Waals surface area contributed by atoms with E-state index in [1.165, 1.54) is 54.3 Å². The Morgan fingerprint density at radius 3 is 2.95 bits per heavy atom. The average molecular weight is 389 g/mol. The summed E-state index contributed by atoms with van der Waals surface area (Å²) in [6, 6.07) is 3.83. The van der Waals surface area contributed by atoms with Gasteiger partial charge in [-0.15, -0.1) is 11.3 Å². The summed E-state index contributed by atoms with van der Waals surface area (Å²) in [5, 5.41) is 3.99. The van der Waals surface area contributed by atoms with Gasteiger partial charge in [0.25, 0.3) is 0 Å². The normalized spacial score (nSPS) is 31.8. The summed E-state index contributed by atoms with van der Waals surface area (Å²) in [5.41, 5.74) is 1.62. The van der Waals surface area contributed by atoms with Crippen LogP contribution >= 0.6 is 33.9 Å². The van der Waals surface area contributed by atoms with E-state index in [1.807, 2.05) is 11.3 Å². The Balaban J connectivity index is 1.67. The number of aryl methyl sites for hydroxylation is 1. The molecule has 1 aromatic heterocycles. The highest BCUT2D eigenvalue weighted by Crippen LogP contribution is 2.37. The van der Waals surface area contributed by atoms with Gasteiger partial charge in [-0.25, -0.2) is 0 Å². The summed E-state index contributed by atoms with van der Waals surface area (Å²) in [4.78, 5) is 1.65. The monoisotopic (exact) mass is 389 g/mol. The molecule has 1 aromatic rings. The number of hydrogen-bond acceptors (Lipinski definition) is 2. The second kappa shape index (κ2) is 6.44. The van der Waals surface area contributed by atoms with Crippen molar-refractivity contribution in [2.45, 2.75) is 70.4 Å². The predicted octanol–water partition coefficient (Wildman–Crippen LogP) is 5.29. The molecule has 3 heteroatoms. The number of halogens is 1. The summed E-state index contributed by atoms with van der Waals surface area (Å²) in [5.74, 6) is 0.941. The van der Waals surface area contributed by atoms with Crippen molar-refractivity contribution < 1.29 is 0 Å². The van der Waals surface area contributed by atoms with E-state index in [2.05, 4.69) is 40.9 Å². The summed E-state index contributed by atoms with van der Waals surface area (Å²) >= 11 is 4.49. The predicted molar refractivity (Wildman–Crippen MR) is 91.9 cm³/mol. The molecule has 106 valence electrons. The molecule has 0 radical (unpaired) electrons. The molecule has 0 aliphatic heterocycles. The lowest BCUT2D eigenvalue weighted by molar-refractivity contribution is 0.366. The van der Waals surface area contributed by atoms with Crippen molar-refractivity contribution in [2.75, 3.05) is 0 Å². The zero-order valence-electron chi connectivity index (χ0n) is 11.8. The number of hydrogen-bond donors (Lipinski definition) is 1. The molecule has 2 aliphatic rings. The first-order chi connectivity index (χ1) is 9.22. The van der Waals surface area contributed by atoms with Crippen LogP contribution in [0.3, 0.4) is 0 Å². The van der Waals surface area contributed by atoms with Crippen LogP contribution < -0.4 is 5.32 Å². The maximum atomic E-state index is 3.99. The minimum Gasteiger partial charge on any atom is -0.307 e. The molecular formula is C16H24INS. The van der Waals surface area contributed by atoms with Crippen molar-refractivity contribution in [1.29, 1.82) is 0 Å². The first-order valence-corrected chi connectivity index (χ1v) is 9.66. The highest BCUT2D eigenvalue weighted by Gasteiger charge is 2.25. The third kappa shape index (κ3) is 3.53. The highest BCUT2D eigenvalue weighted by molar-refractivity contribution is 14.1. The van der Waals surface area contributed by atoms with Crippen LogP contribution in [0, 0.1) is 8.80 Å². The lowest BCUT2D eigenvalue weighted by atomic mass is 9.92. The first-order valence-electron chi connectivity index (χ1n) is 7.76. The van der Waals surface area contributed by atoms with Crippen molar-refractivity contribution in [3.05, 3.63) is 19.4 Å². The number of rotatable bonds is 2. The highest BCUT2D eigenvalue weighted by atomic mass is 127. The molecule has 1 N–H and O–H groups in total. The zero-order valence-corrected chi connectivity index (χ0v) is 14.7. The molecule has 0 saturated heterocycles. The Morgan fingerprint density at radius 1 is 1.16 bits per heavy atom. The van der Waals surface area contributed by atoms with Crippen LogP contribution in [0.2, 0.25) is 0 Å². The van der Waals surface area contributed by atoms with Crippen molar-refractivity contribution in [2.24, 2.45) is 5.92 Å². The minimum absolute atomic E-state index is 0.641. The van der Waals surface area contributed by atoms with E-state index >= 15 is 0 Å².